The lowest BCUT2D eigenvalue weighted by molar-refractivity contribution is 0.635. The minimum atomic E-state index is 0.560. The van der Waals surface area contributed by atoms with E-state index >= 15 is 0 Å². The first-order chi connectivity index (χ1) is 10.3. The van der Waals surface area contributed by atoms with Crippen LogP contribution in [0.15, 0.2) is 43.1 Å². The molecule has 1 N–H and O–H groups in total. The van der Waals surface area contributed by atoms with Gasteiger partial charge in [0.2, 0.25) is 0 Å². The molecule has 3 nitrogen and oxygen atoms in total. The fourth-order valence-electron chi connectivity index (χ4n) is 3.01. The molecule has 1 aromatic carbocycles. The zero-order valence-corrected chi connectivity index (χ0v) is 12.6. The first kappa shape index (κ1) is 13.8. The third-order valence-electron chi connectivity index (χ3n) is 4.19. The Labute approximate surface area is 125 Å². The monoisotopic (exact) mass is 279 g/mol. The summed E-state index contributed by atoms with van der Waals surface area (Å²) in [6.07, 6.45) is 11.0. The van der Waals surface area contributed by atoms with Crippen LogP contribution >= 0.6 is 0 Å². The van der Waals surface area contributed by atoms with Gasteiger partial charge < -0.3 is 4.98 Å². The fourth-order valence-corrected chi connectivity index (χ4v) is 3.01. The normalized spacial score (nSPS) is 12.7. The molecule has 0 aliphatic carbocycles. The number of hydrogen-bond donors (Lipinski definition) is 1. The molecule has 21 heavy (non-hydrogen) atoms. The van der Waals surface area contributed by atoms with Crippen molar-refractivity contribution in [2.75, 3.05) is 0 Å². The molecule has 2 aromatic heterocycles. The molecule has 0 saturated carbocycles. The summed E-state index contributed by atoms with van der Waals surface area (Å²) < 4.78 is 0. The van der Waals surface area contributed by atoms with Gasteiger partial charge in [-0.2, -0.15) is 0 Å². The molecular weight excluding hydrogens is 258 g/mol. The van der Waals surface area contributed by atoms with E-state index in [1.165, 1.54) is 34.0 Å². The molecule has 0 amide bonds. The third-order valence-corrected chi connectivity index (χ3v) is 4.19. The molecule has 0 radical (unpaired) electrons. The van der Waals surface area contributed by atoms with Crippen LogP contribution in [0.4, 0.5) is 0 Å². The van der Waals surface area contributed by atoms with Gasteiger partial charge in [0.05, 0.1) is 0 Å². The first-order valence-electron chi connectivity index (χ1n) is 7.56. The van der Waals surface area contributed by atoms with Crippen molar-refractivity contribution in [2.24, 2.45) is 0 Å². The lowest BCUT2D eigenvalue weighted by Gasteiger charge is -2.11. The Morgan fingerprint density at radius 1 is 1.19 bits per heavy atom. The van der Waals surface area contributed by atoms with Crippen LogP contribution in [0.3, 0.4) is 0 Å². The number of H-pyrrole nitrogens is 1. The van der Waals surface area contributed by atoms with E-state index in [4.69, 9.17) is 0 Å². The largest absolute Gasteiger partial charge is 0.361 e. The summed E-state index contributed by atoms with van der Waals surface area (Å²) in [7, 11) is 0. The number of aryl methyl sites for hydroxylation is 2. The van der Waals surface area contributed by atoms with Crippen molar-refractivity contribution in [3.05, 3.63) is 59.8 Å². The highest BCUT2D eigenvalue weighted by Crippen LogP contribution is 2.30. The average molecular weight is 279 g/mol. The standard InChI is InChI=1S/C18H21N3/c1-13(5-3-7-15-9-19-12-20-10-15)16-11-21-17-8-4-6-14(2)18(16)17/h4,6,8-13,21H,3,5,7H2,1-2H3. The van der Waals surface area contributed by atoms with Gasteiger partial charge in [-0.25, -0.2) is 9.97 Å². The SMILES string of the molecule is Cc1cccc2[nH]cc(C(C)CCCc3cncnc3)c12. The molecule has 1 unspecified atom stereocenters. The van der Waals surface area contributed by atoms with E-state index in [0.717, 1.165) is 12.8 Å². The zero-order valence-electron chi connectivity index (χ0n) is 12.6. The molecule has 3 aromatic rings. The number of hydrogen-bond acceptors (Lipinski definition) is 2. The van der Waals surface area contributed by atoms with Crippen LogP contribution < -0.4 is 0 Å². The Hall–Kier alpha value is -2.16. The predicted molar refractivity (Wildman–Crippen MR) is 86.4 cm³/mol. The van der Waals surface area contributed by atoms with Crippen LogP contribution in [-0.4, -0.2) is 15.0 Å². The van der Waals surface area contributed by atoms with Crippen molar-refractivity contribution < 1.29 is 0 Å². The Balaban J connectivity index is 1.68. The van der Waals surface area contributed by atoms with E-state index in [-0.39, 0.29) is 0 Å². The second kappa shape index (κ2) is 6.08. The van der Waals surface area contributed by atoms with Crippen molar-refractivity contribution in [3.8, 4) is 0 Å². The molecule has 0 fully saturated rings. The molecule has 0 saturated heterocycles. The van der Waals surface area contributed by atoms with E-state index < -0.39 is 0 Å². The van der Waals surface area contributed by atoms with E-state index in [0.29, 0.717) is 5.92 Å². The number of rotatable bonds is 5. The summed E-state index contributed by atoms with van der Waals surface area (Å²) in [6, 6.07) is 6.45. The van der Waals surface area contributed by atoms with Crippen molar-refractivity contribution >= 4 is 10.9 Å². The van der Waals surface area contributed by atoms with Gasteiger partial charge in [-0.15, -0.1) is 0 Å². The van der Waals surface area contributed by atoms with Crippen LogP contribution in [0.5, 0.6) is 0 Å². The highest BCUT2D eigenvalue weighted by atomic mass is 14.8. The van der Waals surface area contributed by atoms with Gasteiger partial charge in [0.15, 0.2) is 0 Å². The number of nitrogens with one attached hydrogen (secondary N) is 1. The molecule has 2 heterocycles. The van der Waals surface area contributed by atoms with Gasteiger partial charge in [-0.05, 0) is 54.9 Å². The Morgan fingerprint density at radius 2 is 2.00 bits per heavy atom. The van der Waals surface area contributed by atoms with Crippen LogP contribution in [0, 0.1) is 6.92 Å². The topological polar surface area (TPSA) is 41.6 Å². The minimum absolute atomic E-state index is 0.560. The van der Waals surface area contributed by atoms with Crippen LogP contribution in [0.25, 0.3) is 10.9 Å². The van der Waals surface area contributed by atoms with Gasteiger partial charge in [-0.3, -0.25) is 0 Å². The number of aromatic amines is 1. The second-order valence-electron chi connectivity index (χ2n) is 5.78. The van der Waals surface area contributed by atoms with Gasteiger partial charge in [0.25, 0.3) is 0 Å². The summed E-state index contributed by atoms with van der Waals surface area (Å²) in [6.45, 7) is 4.50. The summed E-state index contributed by atoms with van der Waals surface area (Å²) in [5.74, 6) is 0.560. The summed E-state index contributed by atoms with van der Waals surface area (Å²) >= 11 is 0. The highest BCUT2D eigenvalue weighted by molar-refractivity contribution is 5.86. The van der Waals surface area contributed by atoms with E-state index in [1.54, 1.807) is 6.33 Å². The van der Waals surface area contributed by atoms with E-state index in [1.807, 2.05) is 12.4 Å². The van der Waals surface area contributed by atoms with Gasteiger partial charge in [0, 0.05) is 29.5 Å². The third kappa shape index (κ3) is 2.97. The number of aromatic nitrogens is 3. The fraction of sp³-hybridized carbons (Fsp3) is 0.333. The predicted octanol–water partition coefficient (Wildman–Crippen LogP) is 4.39. The van der Waals surface area contributed by atoms with Crippen LogP contribution in [-0.2, 0) is 6.42 Å². The molecule has 0 bridgehead atoms. The smallest absolute Gasteiger partial charge is 0.115 e. The first-order valence-corrected chi connectivity index (χ1v) is 7.56. The Bertz CT molecular complexity index is 716. The van der Waals surface area contributed by atoms with Gasteiger partial charge >= 0.3 is 0 Å². The maximum atomic E-state index is 4.07. The molecule has 1 atom stereocenters. The maximum Gasteiger partial charge on any atom is 0.115 e. The second-order valence-corrected chi connectivity index (χ2v) is 5.78. The Kier molecular flexibility index (Phi) is 4.00. The van der Waals surface area contributed by atoms with Crippen molar-refractivity contribution in [1.29, 1.82) is 0 Å². The van der Waals surface area contributed by atoms with Crippen molar-refractivity contribution in [2.45, 2.75) is 39.0 Å². The summed E-state index contributed by atoms with van der Waals surface area (Å²) in [5, 5.41) is 1.40. The van der Waals surface area contributed by atoms with Crippen LogP contribution in [0.1, 0.15) is 42.4 Å². The van der Waals surface area contributed by atoms with Gasteiger partial charge in [0.1, 0.15) is 6.33 Å². The van der Waals surface area contributed by atoms with E-state index in [9.17, 15) is 0 Å². The summed E-state index contributed by atoms with van der Waals surface area (Å²) in [5.41, 5.74) is 5.26. The molecule has 3 rings (SSSR count). The highest BCUT2D eigenvalue weighted by Gasteiger charge is 2.12. The van der Waals surface area contributed by atoms with Gasteiger partial charge in [-0.1, -0.05) is 19.1 Å². The number of benzene rings is 1. The number of nitrogens with zero attached hydrogens (tertiary/aromatic N) is 2. The molecule has 0 spiro atoms. The van der Waals surface area contributed by atoms with Crippen LogP contribution in [0.2, 0.25) is 0 Å². The van der Waals surface area contributed by atoms with Crippen molar-refractivity contribution in [3.63, 3.8) is 0 Å². The van der Waals surface area contributed by atoms with Crippen molar-refractivity contribution in [1.82, 2.24) is 15.0 Å². The lowest BCUT2D eigenvalue weighted by Crippen LogP contribution is -1.96. The van der Waals surface area contributed by atoms with E-state index in [2.05, 4.69) is 53.2 Å². The maximum absolute atomic E-state index is 4.07. The minimum Gasteiger partial charge on any atom is -0.361 e. The average Bonchev–Trinajstić information content (AvgIpc) is 2.94. The zero-order chi connectivity index (χ0) is 14.7. The molecule has 0 aliphatic heterocycles. The Morgan fingerprint density at radius 3 is 2.81 bits per heavy atom. The molecule has 3 heteroatoms. The molecule has 0 aliphatic rings. The molecule has 108 valence electrons. The summed E-state index contributed by atoms with van der Waals surface area (Å²) in [4.78, 5) is 11.5. The number of fused-ring (bicyclic) bond motifs is 1. The molecular formula is C18H21N3. The quantitative estimate of drug-likeness (QED) is 0.752. The lowest BCUT2D eigenvalue weighted by atomic mass is 9.93.